The molecule has 2 N–H and O–H groups in total. The number of nitrogens with zero attached hydrogens (tertiary/aromatic N) is 1. The molecule has 2 aliphatic rings. The lowest BCUT2D eigenvalue weighted by Gasteiger charge is -2.28. The summed E-state index contributed by atoms with van der Waals surface area (Å²) in [5.41, 5.74) is 2.66. The van der Waals surface area contributed by atoms with Crippen LogP contribution in [0.4, 0.5) is 10.0 Å². The van der Waals surface area contributed by atoms with Crippen LogP contribution in [0.3, 0.4) is 0 Å². The van der Waals surface area contributed by atoms with E-state index in [0.717, 1.165) is 42.1 Å². The largest absolute Gasteiger partial charge is 0.378 e. The van der Waals surface area contributed by atoms with E-state index in [1.165, 1.54) is 22.7 Å². The number of carbonyl (C=O) groups is 2. The van der Waals surface area contributed by atoms with Crippen molar-refractivity contribution in [1.82, 2.24) is 5.32 Å². The molecule has 3 aromatic rings. The van der Waals surface area contributed by atoms with E-state index in [-0.39, 0.29) is 17.9 Å². The second kappa shape index (κ2) is 8.82. The Morgan fingerprint density at radius 3 is 2.55 bits per heavy atom. The number of anilines is 2. The van der Waals surface area contributed by atoms with Gasteiger partial charge in [-0.05, 0) is 35.9 Å². The highest BCUT2D eigenvalue weighted by atomic mass is 32.1. The maximum absolute atomic E-state index is 13.1. The summed E-state index contributed by atoms with van der Waals surface area (Å²) in [6.45, 7) is 2.97. The number of morpholine rings is 1. The molecule has 1 aromatic carbocycles. The summed E-state index contributed by atoms with van der Waals surface area (Å²) in [6, 6.07) is 14.1. The van der Waals surface area contributed by atoms with E-state index in [0.29, 0.717) is 28.7 Å². The minimum absolute atomic E-state index is 0.121. The fraction of sp³-hybridized carbons (Fsp3) is 0.304. The number of amides is 2. The zero-order valence-electron chi connectivity index (χ0n) is 16.9. The first-order chi connectivity index (χ1) is 15.2. The van der Waals surface area contributed by atoms with E-state index in [1.54, 1.807) is 6.07 Å². The Balaban J connectivity index is 1.41. The van der Waals surface area contributed by atoms with Crippen molar-refractivity contribution in [2.75, 3.05) is 36.5 Å². The number of rotatable bonds is 6. The summed E-state index contributed by atoms with van der Waals surface area (Å²) in [5, 5.41) is 9.45. The molecule has 1 saturated carbocycles. The number of nitrogens with one attached hydrogen (secondary N) is 2. The van der Waals surface area contributed by atoms with Crippen molar-refractivity contribution in [2.45, 2.75) is 18.9 Å². The molecule has 160 valence electrons. The van der Waals surface area contributed by atoms with Gasteiger partial charge in [-0.15, -0.1) is 22.7 Å². The zero-order chi connectivity index (χ0) is 21.2. The van der Waals surface area contributed by atoms with Gasteiger partial charge >= 0.3 is 0 Å². The van der Waals surface area contributed by atoms with Crippen molar-refractivity contribution in [2.24, 2.45) is 0 Å². The molecule has 8 heteroatoms. The fourth-order valence-electron chi connectivity index (χ4n) is 3.56. The minimum Gasteiger partial charge on any atom is -0.378 e. The van der Waals surface area contributed by atoms with Gasteiger partial charge in [0.1, 0.15) is 5.00 Å². The average molecular weight is 454 g/mol. The monoisotopic (exact) mass is 453 g/mol. The SMILES string of the molecule is O=C(Nc1sccc1C(=O)NC1CC1)c1cc(-c2ccccc2)c(N2CCOCC2)s1. The maximum atomic E-state index is 13.1. The first-order valence-electron chi connectivity index (χ1n) is 10.4. The smallest absolute Gasteiger partial charge is 0.266 e. The first-order valence-corrected chi connectivity index (χ1v) is 12.1. The minimum atomic E-state index is -0.190. The van der Waals surface area contributed by atoms with Crippen LogP contribution in [0.15, 0.2) is 47.8 Å². The van der Waals surface area contributed by atoms with Crippen LogP contribution in [0.5, 0.6) is 0 Å². The molecule has 0 spiro atoms. The van der Waals surface area contributed by atoms with E-state index in [2.05, 4.69) is 27.7 Å². The van der Waals surface area contributed by atoms with E-state index < -0.39 is 0 Å². The fourth-order valence-corrected chi connectivity index (χ4v) is 5.47. The molecule has 3 heterocycles. The van der Waals surface area contributed by atoms with Crippen LogP contribution in [-0.4, -0.2) is 44.2 Å². The molecule has 1 aliphatic carbocycles. The van der Waals surface area contributed by atoms with E-state index >= 15 is 0 Å². The van der Waals surface area contributed by atoms with Gasteiger partial charge in [0.2, 0.25) is 0 Å². The molecule has 0 bridgehead atoms. The predicted molar refractivity (Wildman–Crippen MR) is 126 cm³/mol. The Kier molecular flexibility index (Phi) is 5.76. The van der Waals surface area contributed by atoms with Crippen LogP contribution in [0, 0.1) is 0 Å². The third kappa shape index (κ3) is 4.51. The molecule has 1 saturated heterocycles. The van der Waals surface area contributed by atoms with E-state index in [4.69, 9.17) is 4.74 Å². The summed E-state index contributed by atoms with van der Waals surface area (Å²) < 4.78 is 5.51. The summed E-state index contributed by atoms with van der Waals surface area (Å²) in [6.07, 6.45) is 2.05. The predicted octanol–water partition coefficient (Wildman–Crippen LogP) is 4.46. The van der Waals surface area contributed by atoms with Crippen molar-refractivity contribution >= 4 is 44.5 Å². The van der Waals surface area contributed by atoms with Crippen molar-refractivity contribution in [3.63, 3.8) is 0 Å². The average Bonchev–Trinajstić information content (AvgIpc) is 3.31. The van der Waals surface area contributed by atoms with Gasteiger partial charge in [0.05, 0.1) is 28.7 Å². The van der Waals surface area contributed by atoms with Gasteiger partial charge in [0.25, 0.3) is 11.8 Å². The normalized spacial score (nSPS) is 16.2. The number of hydrogen-bond acceptors (Lipinski definition) is 6. The standard InChI is InChI=1S/C23H23N3O3S2/c27-20(24-16-6-7-16)17-8-13-30-22(17)25-21(28)19-14-18(15-4-2-1-3-5-15)23(31-19)26-9-11-29-12-10-26/h1-5,8,13-14,16H,6-7,9-12H2,(H,24,27)(H,25,28). The topological polar surface area (TPSA) is 70.7 Å². The molecular weight excluding hydrogens is 430 g/mol. The summed E-state index contributed by atoms with van der Waals surface area (Å²) in [5.74, 6) is -0.311. The molecule has 0 atom stereocenters. The number of hydrogen-bond donors (Lipinski definition) is 2. The summed E-state index contributed by atoms with van der Waals surface area (Å²) in [4.78, 5) is 28.5. The highest BCUT2D eigenvalue weighted by molar-refractivity contribution is 7.19. The summed E-state index contributed by atoms with van der Waals surface area (Å²) >= 11 is 2.86. The summed E-state index contributed by atoms with van der Waals surface area (Å²) in [7, 11) is 0. The second-order valence-electron chi connectivity index (χ2n) is 7.66. The Labute approximate surface area is 188 Å². The zero-order valence-corrected chi connectivity index (χ0v) is 18.6. The Morgan fingerprint density at radius 2 is 1.81 bits per heavy atom. The Hall–Kier alpha value is -2.68. The van der Waals surface area contributed by atoms with Gasteiger partial charge in [-0.25, -0.2) is 0 Å². The van der Waals surface area contributed by atoms with Crippen molar-refractivity contribution < 1.29 is 14.3 Å². The number of ether oxygens (including phenoxy) is 1. The number of carbonyl (C=O) groups excluding carboxylic acids is 2. The third-order valence-corrected chi connectivity index (χ3v) is 7.39. The lowest BCUT2D eigenvalue weighted by molar-refractivity contribution is 0.0952. The molecule has 1 aliphatic heterocycles. The molecule has 2 aromatic heterocycles. The van der Waals surface area contributed by atoms with Gasteiger partial charge in [0.15, 0.2) is 0 Å². The van der Waals surface area contributed by atoms with Crippen LogP contribution in [0.25, 0.3) is 11.1 Å². The van der Waals surface area contributed by atoms with Crippen LogP contribution < -0.4 is 15.5 Å². The highest BCUT2D eigenvalue weighted by Gasteiger charge is 2.26. The molecule has 2 fully saturated rings. The lowest BCUT2D eigenvalue weighted by Crippen LogP contribution is -2.35. The molecule has 31 heavy (non-hydrogen) atoms. The Bertz CT molecular complexity index is 1080. The number of thiophene rings is 2. The first kappa shape index (κ1) is 20.2. The Morgan fingerprint density at radius 1 is 1.03 bits per heavy atom. The molecular formula is C23H23N3O3S2. The van der Waals surface area contributed by atoms with Gasteiger partial charge in [-0.3, -0.25) is 9.59 Å². The van der Waals surface area contributed by atoms with Gasteiger partial charge < -0.3 is 20.3 Å². The highest BCUT2D eigenvalue weighted by Crippen LogP contribution is 2.40. The molecule has 0 radical (unpaired) electrons. The van der Waals surface area contributed by atoms with Gasteiger partial charge in [0, 0.05) is 24.7 Å². The lowest BCUT2D eigenvalue weighted by atomic mass is 10.1. The quantitative estimate of drug-likeness (QED) is 0.578. The maximum Gasteiger partial charge on any atom is 0.266 e. The molecule has 6 nitrogen and oxygen atoms in total. The third-order valence-electron chi connectivity index (χ3n) is 5.37. The number of benzene rings is 1. The van der Waals surface area contributed by atoms with Crippen LogP contribution >= 0.6 is 22.7 Å². The molecule has 2 amide bonds. The van der Waals surface area contributed by atoms with Gasteiger partial charge in [-0.1, -0.05) is 30.3 Å². The van der Waals surface area contributed by atoms with Crippen LogP contribution in [0.2, 0.25) is 0 Å². The van der Waals surface area contributed by atoms with Gasteiger partial charge in [-0.2, -0.15) is 0 Å². The molecule has 5 rings (SSSR count). The molecule has 0 unspecified atom stereocenters. The van der Waals surface area contributed by atoms with E-state index in [9.17, 15) is 9.59 Å². The van der Waals surface area contributed by atoms with Crippen molar-refractivity contribution in [3.05, 3.63) is 58.3 Å². The van der Waals surface area contributed by atoms with E-state index in [1.807, 2.05) is 29.6 Å². The van der Waals surface area contributed by atoms with Crippen LogP contribution in [0.1, 0.15) is 32.9 Å². The van der Waals surface area contributed by atoms with Crippen LogP contribution in [-0.2, 0) is 4.74 Å². The van der Waals surface area contributed by atoms with Crippen molar-refractivity contribution in [3.8, 4) is 11.1 Å². The van der Waals surface area contributed by atoms with Crippen molar-refractivity contribution in [1.29, 1.82) is 0 Å². The second-order valence-corrected chi connectivity index (χ2v) is 9.61.